The summed E-state index contributed by atoms with van der Waals surface area (Å²) in [5, 5.41) is 10.00. The first kappa shape index (κ1) is 15.2. The van der Waals surface area contributed by atoms with Gasteiger partial charge in [-0.3, -0.25) is 4.79 Å². The number of benzene rings is 1. The summed E-state index contributed by atoms with van der Waals surface area (Å²) in [6.45, 7) is 6.48. The summed E-state index contributed by atoms with van der Waals surface area (Å²) in [4.78, 5) is 15.9. The summed E-state index contributed by atoms with van der Waals surface area (Å²) in [5.74, 6) is 0.979. The van der Waals surface area contributed by atoms with E-state index < -0.39 is 0 Å². The van der Waals surface area contributed by atoms with Gasteiger partial charge in [-0.1, -0.05) is 13.8 Å². The molecule has 0 saturated carbocycles. The lowest BCUT2D eigenvalue weighted by atomic mass is 10.1. The van der Waals surface area contributed by atoms with Crippen molar-refractivity contribution < 1.29 is 9.53 Å². The molecule has 0 amide bonds. The fourth-order valence-electron chi connectivity index (χ4n) is 1.77. The molecule has 21 heavy (non-hydrogen) atoms. The first-order valence-electron chi connectivity index (χ1n) is 6.65. The van der Waals surface area contributed by atoms with Crippen molar-refractivity contribution in [3.8, 4) is 22.4 Å². The molecule has 108 valence electrons. The first-order valence-corrected chi connectivity index (χ1v) is 7.46. The Labute approximate surface area is 128 Å². The molecule has 0 spiro atoms. The Bertz CT molecular complexity index is 699. The van der Waals surface area contributed by atoms with E-state index in [9.17, 15) is 10.1 Å². The van der Waals surface area contributed by atoms with E-state index in [-0.39, 0.29) is 0 Å². The topological polar surface area (TPSA) is 63.0 Å². The molecule has 0 fully saturated rings. The average molecular weight is 300 g/mol. The number of carbonyl (C=O) groups is 1. The maximum Gasteiger partial charge on any atom is 0.161 e. The summed E-state index contributed by atoms with van der Waals surface area (Å²) in [7, 11) is 0. The predicted octanol–water partition coefficient (Wildman–Crippen LogP) is 3.84. The van der Waals surface area contributed by atoms with Gasteiger partial charge in [-0.05, 0) is 31.0 Å². The number of rotatable bonds is 5. The number of thiazole rings is 1. The maximum atomic E-state index is 10.9. The Morgan fingerprint density at radius 3 is 2.81 bits per heavy atom. The first-order chi connectivity index (χ1) is 10.0. The van der Waals surface area contributed by atoms with Crippen molar-refractivity contribution in [1.82, 2.24) is 4.98 Å². The average Bonchev–Trinajstić information content (AvgIpc) is 2.86. The minimum absolute atomic E-state index is 0.396. The van der Waals surface area contributed by atoms with Crippen LogP contribution in [0.5, 0.6) is 5.75 Å². The molecular formula is C16H16N2O2S. The normalized spacial score (nSPS) is 10.4. The third-order valence-corrected chi connectivity index (χ3v) is 3.99. The van der Waals surface area contributed by atoms with Gasteiger partial charge in [-0.15, -0.1) is 11.3 Å². The van der Waals surface area contributed by atoms with Crippen molar-refractivity contribution in [2.45, 2.75) is 20.8 Å². The molecule has 1 aromatic carbocycles. The number of aromatic nitrogens is 1. The fraction of sp³-hybridized carbons (Fsp3) is 0.312. The van der Waals surface area contributed by atoms with E-state index in [1.807, 2.05) is 6.07 Å². The second-order valence-electron chi connectivity index (χ2n) is 5.11. The molecule has 0 bridgehead atoms. The maximum absolute atomic E-state index is 10.9. The molecule has 0 aliphatic heterocycles. The number of ether oxygens (including phenoxy) is 1. The summed E-state index contributed by atoms with van der Waals surface area (Å²) < 4.78 is 5.63. The molecule has 1 aromatic heterocycles. The van der Waals surface area contributed by atoms with Crippen LogP contribution < -0.4 is 4.74 Å². The lowest BCUT2D eigenvalue weighted by Gasteiger charge is -2.10. The highest BCUT2D eigenvalue weighted by Gasteiger charge is 2.12. The zero-order chi connectivity index (χ0) is 15.4. The van der Waals surface area contributed by atoms with Crippen molar-refractivity contribution in [2.24, 2.45) is 5.92 Å². The monoisotopic (exact) mass is 300 g/mol. The van der Waals surface area contributed by atoms with E-state index in [0.717, 1.165) is 16.9 Å². The minimum atomic E-state index is 0.396. The Balaban J connectivity index is 2.34. The van der Waals surface area contributed by atoms with E-state index in [1.54, 1.807) is 19.1 Å². The number of nitrogens with zero attached hydrogens (tertiary/aromatic N) is 2. The summed E-state index contributed by atoms with van der Waals surface area (Å²) >= 11 is 1.33. The number of hydrogen-bond donors (Lipinski definition) is 0. The fourth-order valence-corrected chi connectivity index (χ4v) is 2.65. The molecule has 2 rings (SSSR count). The van der Waals surface area contributed by atoms with Crippen LogP contribution in [0.15, 0.2) is 18.2 Å². The van der Waals surface area contributed by atoms with Crippen LogP contribution in [0.1, 0.15) is 34.8 Å². The molecule has 0 unspecified atom stereocenters. The molecule has 0 atom stereocenters. The summed E-state index contributed by atoms with van der Waals surface area (Å²) in [5.41, 5.74) is 2.02. The molecule has 5 heteroatoms. The van der Waals surface area contributed by atoms with Gasteiger partial charge in [-0.25, -0.2) is 4.98 Å². The van der Waals surface area contributed by atoms with Gasteiger partial charge in [0, 0.05) is 5.56 Å². The van der Waals surface area contributed by atoms with Crippen LogP contribution >= 0.6 is 11.3 Å². The van der Waals surface area contributed by atoms with Crippen LogP contribution in [0.2, 0.25) is 0 Å². The van der Waals surface area contributed by atoms with Crippen LogP contribution in [0, 0.1) is 24.2 Å². The van der Waals surface area contributed by atoms with Gasteiger partial charge >= 0.3 is 0 Å². The highest BCUT2D eigenvalue weighted by Crippen LogP contribution is 2.30. The number of aldehydes is 1. The lowest BCUT2D eigenvalue weighted by molar-refractivity contribution is 0.112. The van der Waals surface area contributed by atoms with E-state index >= 15 is 0 Å². The van der Waals surface area contributed by atoms with Gasteiger partial charge in [0.1, 0.15) is 16.8 Å². The van der Waals surface area contributed by atoms with Crippen molar-refractivity contribution in [1.29, 1.82) is 5.26 Å². The smallest absolute Gasteiger partial charge is 0.161 e. The molecular weight excluding hydrogens is 284 g/mol. The predicted molar refractivity (Wildman–Crippen MR) is 82.7 cm³/mol. The number of carbonyl (C=O) groups excluding carboxylic acids is 1. The van der Waals surface area contributed by atoms with Crippen molar-refractivity contribution >= 4 is 17.6 Å². The largest absolute Gasteiger partial charge is 0.492 e. The number of nitriles is 1. The number of aryl methyl sites for hydroxylation is 1. The van der Waals surface area contributed by atoms with Crippen LogP contribution in [0.3, 0.4) is 0 Å². The van der Waals surface area contributed by atoms with E-state index in [0.29, 0.717) is 34.4 Å². The Morgan fingerprint density at radius 1 is 1.48 bits per heavy atom. The van der Waals surface area contributed by atoms with Crippen LogP contribution in [-0.4, -0.2) is 17.9 Å². The summed E-state index contributed by atoms with van der Waals surface area (Å²) in [6, 6.07) is 7.55. The van der Waals surface area contributed by atoms with Gasteiger partial charge in [0.15, 0.2) is 6.29 Å². The highest BCUT2D eigenvalue weighted by molar-refractivity contribution is 7.16. The van der Waals surface area contributed by atoms with E-state index in [2.05, 4.69) is 24.9 Å². The SMILES string of the molecule is Cc1nc(-c2ccc(OCC(C)C)c(C#N)c2)sc1C=O. The van der Waals surface area contributed by atoms with Crippen LogP contribution in [-0.2, 0) is 0 Å². The van der Waals surface area contributed by atoms with Gasteiger partial charge in [0.25, 0.3) is 0 Å². The van der Waals surface area contributed by atoms with Gasteiger partial charge in [0.2, 0.25) is 0 Å². The van der Waals surface area contributed by atoms with Crippen LogP contribution in [0.4, 0.5) is 0 Å². The van der Waals surface area contributed by atoms with Crippen molar-refractivity contribution in [3.63, 3.8) is 0 Å². The second-order valence-corrected chi connectivity index (χ2v) is 6.14. The van der Waals surface area contributed by atoms with Gasteiger partial charge in [-0.2, -0.15) is 5.26 Å². The Hall–Kier alpha value is -2.19. The zero-order valence-corrected chi connectivity index (χ0v) is 13.0. The molecule has 0 N–H and O–H groups in total. The minimum Gasteiger partial charge on any atom is -0.492 e. The highest BCUT2D eigenvalue weighted by atomic mass is 32.1. The van der Waals surface area contributed by atoms with E-state index in [1.165, 1.54) is 11.3 Å². The molecule has 2 aromatic rings. The molecule has 1 heterocycles. The van der Waals surface area contributed by atoms with Gasteiger partial charge in [0.05, 0.1) is 22.7 Å². The zero-order valence-electron chi connectivity index (χ0n) is 12.2. The second kappa shape index (κ2) is 6.51. The molecule has 0 aliphatic carbocycles. The molecule has 0 radical (unpaired) electrons. The third kappa shape index (κ3) is 3.47. The molecule has 0 aliphatic rings. The van der Waals surface area contributed by atoms with Crippen LogP contribution in [0.25, 0.3) is 10.6 Å². The standard InChI is InChI=1S/C16H16N2O2S/c1-10(2)9-20-14-5-4-12(6-13(14)7-17)16-18-11(3)15(8-19)21-16/h4-6,8,10H,9H2,1-3H3. The Morgan fingerprint density at radius 2 is 2.24 bits per heavy atom. The molecule has 0 saturated heterocycles. The number of hydrogen-bond acceptors (Lipinski definition) is 5. The quantitative estimate of drug-likeness (QED) is 0.787. The summed E-state index contributed by atoms with van der Waals surface area (Å²) in [6.07, 6.45) is 0.807. The Kier molecular flexibility index (Phi) is 4.71. The van der Waals surface area contributed by atoms with E-state index in [4.69, 9.17) is 4.74 Å². The van der Waals surface area contributed by atoms with Crippen molar-refractivity contribution in [2.75, 3.05) is 6.61 Å². The lowest BCUT2D eigenvalue weighted by Crippen LogP contribution is -2.05. The third-order valence-electron chi connectivity index (χ3n) is 2.86. The van der Waals surface area contributed by atoms with Gasteiger partial charge < -0.3 is 4.74 Å². The van der Waals surface area contributed by atoms with Crippen molar-refractivity contribution in [3.05, 3.63) is 34.3 Å². The molecule has 4 nitrogen and oxygen atoms in total.